The largest absolute Gasteiger partial charge is 0.484 e. The summed E-state index contributed by atoms with van der Waals surface area (Å²) >= 11 is 0. The van der Waals surface area contributed by atoms with Crippen LogP contribution in [0.1, 0.15) is 13.8 Å². The Hall–Kier alpha value is -2.30. The van der Waals surface area contributed by atoms with Crippen molar-refractivity contribution in [2.24, 2.45) is 0 Å². The highest BCUT2D eigenvalue weighted by Gasteiger charge is 2.13. The number of carbonyl (C=O) groups excluding carboxylic acids is 1. The second-order valence-electron chi connectivity index (χ2n) is 3.84. The quantitative estimate of drug-likeness (QED) is 0.618. The molecule has 0 saturated heterocycles. The van der Waals surface area contributed by atoms with Crippen LogP contribution in [0.25, 0.3) is 0 Å². The first kappa shape index (κ1) is 13.8. The van der Waals surface area contributed by atoms with E-state index in [0.29, 0.717) is 5.69 Å². The smallest absolute Gasteiger partial charge is 0.371 e. The molecule has 1 rings (SSSR count). The maximum absolute atomic E-state index is 11.6. The lowest BCUT2D eigenvalue weighted by Crippen LogP contribution is -2.15. The number of amides is 1. The molecule has 1 aromatic rings. The fourth-order valence-corrected chi connectivity index (χ4v) is 1.22. The Bertz CT molecular complexity index is 451. The first-order valence-corrected chi connectivity index (χ1v) is 5.46. The second kappa shape index (κ2) is 6.44. The molecule has 5 heteroatoms. The standard InChI is InChI=1S/C13H15NO4/c1-9(2)18-11(13(16)17)8-12(15)14-10-6-4-3-5-7-10/h3-9H,1-2H3,(H,14,15)(H,16,17)/b11-8+. The Balaban J connectivity index is 2.73. The predicted molar refractivity (Wildman–Crippen MR) is 67.0 cm³/mol. The Labute approximate surface area is 105 Å². The third-order valence-electron chi connectivity index (χ3n) is 1.88. The fraction of sp³-hybridized carbons (Fsp3) is 0.231. The lowest BCUT2D eigenvalue weighted by atomic mass is 10.3. The second-order valence-corrected chi connectivity index (χ2v) is 3.84. The van der Waals surface area contributed by atoms with Crippen molar-refractivity contribution in [2.45, 2.75) is 20.0 Å². The Morgan fingerprint density at radius 3 is 2.39 bits per heavy atom. The summed E-state index contributed by atoms with van der Waals surface area (Å²) in [6.45, 7) is 3.37. The van der Waals surface area contributed by atoms with Gasteiger partial charge in [0.2, 0.25) is 5.76 Å². The van der Waals surface area contributed by atoms with Gasteiger partial charge in [-0.15, -0.1) is 0 Å². The lowest BCUT2D eigenvalue weighted by Gasteiger charge is -2.09. The number of nitrogens with one attached hydrogen (secondary N) is 1. The molecule has 0 heterocycles. The maximum Gasteiger partial charge on any atom is 0.371 e. The van der Waals surface area contributed by atoms with E-state index in [1.807, 2.05) is 6.07 Å². The summed E-state index contributed by atoms with van der Waals surface area (Å²) in [6.07, 6.45) is 0.617. The van der Waals surface area contributed by atoms with Crippen molar-refractivity contribution in [3.05, 3.63) is 42.2 Å². The summed E-state index contributed by atoms with van der Waals surface area (Å²) in [5.74, 6) is -2.19. The highest BCUT2D eigenvalue weighted by Crippen LogP contribution is 2.07. The SMILES string of the molecule is CC(C)O/C(=C/C(=O)Nc1ccccc1)C(=O)O. The number of rotatable bonds is 5. The number of benzene rings is 1. The van der Waals surface area contributed by atoms with Crippen LogP contribution >= 0.6 is 0 Å². The van der Waals surface area contributed by atoms with Gasteiger partial charge in [-0.05, 0) is 26.0 Å². The zero-order valence-electron chi connectivity index (χ0n) is 10.2. The summed E-state index contributed by atoms with van der Waals surface area (Å²) in [5.41, 5.74) is 0.591. The van der Waals surface area contributed by atoms with Gasteiger partial charge in [-0.2, -0.15) is 0 Å². The number of anilines is 1. The van der Waals surface area contributed by atoms with Crippen molar-refractivity contribution in [1.29, 1.82) is 0 Å². The van der Waals surface area contributed by atoms with E-state index in [9.17, 15) is 9.59 Å². The molecule has 0 bridgehead atoms. The zero-order valence-corrected chi connectivity index (χ0v) is 10.2. The van der Waals surface area contributed by atoms with Crippen molar-refractivity contribution in [3.8, 4) is 0 Å². The van der Waals surface area contributed by atoms with E-state index in [2.05, 4.69) is 5.32 Å². The van der Waals surface area contributed by atoms with Crippen LogP contribution in [-0.2, 0) is 14.3 Å². The van der Waals surface area contributed by atoms with E-state index in [-0.39, 0.29) is 11.9 Å². The molecule has 0 aliphatic rings. The van der Waals surface area contributed by atoms with Gasteiger partial charge in [-0.3, -0.25) is 4.79 Å². The maximum atomic E-state index is 11.6. The number of carboxylic acid groups (broad SMARTS) is 1. The molecule has 1 amide bonds. The van der Waals surface area contributed by atoms with Crippen LogP contribution in [0, 0.1) is 0 Å². The Kier molecular flexibility index (Phi) is 4.92. The zero-order chi connectivity index (χ0) is 13.5. The van der Waals surface area contributed by atoms with E-state index in [0.717, 1.165) is 6.08 Å². The van der Waals surface area contributed by atoms with E-state index in [1.54, 1.807) is 38.1 Å². The third-order valence-corrected chi connectivity index (χ3v) is 1.88. The molecule has 0 aromatic heterocycles. The van der Waals surface area contributed by atoms with Crippen LogP contribution in [0.3, 0.4) is 0 Å². The lowest BCUT2D eigenvalue weighted by molar-refractivity contribution is -0.137. The Morgan fingerprint density at radius 2 is 1.89 bits per heavy atom. The van der Waals surface area contributed by atoms with Crippen molar-refractivity contribution in [1.82, 2.24) is 0 Å². The van der Waals surface area contributed by atoms with Gasteiger partial charge < -0.3 is 15.2 Å². The highest BCUT2D eigenvalue weighted by molar-refractivity contribution is 6.03. The summed E-state index contributed by atoms with van der Waals surface area (Å²) in [5, 5.41) is 11.4. The van der Waals surface area contributed by atoms with Crippen molar-refractivity contribution in [2.75, 3.05) is 5.32 Å². The minimum absolute atomic E-state index is 0.308. The molecule has 0 spiro atoms. The fourth-order valence-electron chi connectivity index (χ4n) is 1.22. The van der Waals surface area contributed by atoms with Gasteiger partial charge in [0.15, 0.2) is 0 Å². The van der Waals surface area contributed by atoms with Gasteiger partial charge in [0.25, 0.3) is 5.91 Å². The van der Waals surface area contributed by atoms with Crippen molar-refractivity contribution >= 4 is 17.6 Å². The van der Waals surface area contributed by atoms with Crippen molar-refractivity contribution in [3.63, 3.8) is 0 Å². The minimum Gasteiger partial charge on any atom is -0.484 e. The topological polar surface area (TPSA) is 75.6 Å². The number of aliphatic carboxylic acids is 1. The van der Waals surface area contributed by atoms with Gasteiger partial charge >= 0.3 is 5.97 Å². The van der Waals surface area contributed by atoms with Crippen LogP contribution in [0.5, 0.6) is 0 Å². The molecular formula is C13H15NO4. The first-order chi connectivity index (χ1) is 8.49. The summed E-state index contributed by atoms with van der Waals surface area (Å²) < 4.78 is 5.02. The van der Waals surface area contributed by atoms with Crippen LogP contribution in [0.2, 0.25) is 0 Å². The normalized spacial score (nSPS) is 11.2. The average molecular weight is 249 g/mol. The van der Waals surface area contributed by atoms with Crippen LogP contribution < -0.4 is 5.32 Å². The van der Waals surface area contributed by atoms with Crippen LogP contribution in [0.15, 0.2) is 42.2 Å². The molecule has 0 unspecified atom stereocenters. The van der Waals surface area contributed by atoms with Gasteiger partial charge in [0.05, 0.1) is 12.2 Å². The highest BCUT2D eigenvalue weighted by atomic mass is 16.5. The van der Waals surface area contributed by atoms with E-state index < -0.39 is 11.9 Å². The molecule has 0 saturated carbocycles. The van der Waals surface area contributed by atoms with Gasteiger partial charge in [-0.1, -0.05) is 18.2 Å². The molecule has 1 aromatic carbocycles. The average Bonchev–Trinajstić information content (AvgIpc) is 2.28. The molecule has 2 N–H and O–H groups in total. The number of carboxylic acids is 1. The molecule has 0 aliphatic carbocycles. The minimum atomic E-state index is -1.27. The Morgan fingerprint density at radius 1 is 1.28 bits per heavy atom. The predicted octanol–water partition coefficient (Wildman–Crippen LogP) is 2.02. The number of hydrogen-bond donors (Lipinski definition) is 2. The molecule has 96 valence electrons. The monoisotopic (exact) mass is 249 g/mol. The van der Waals surface area contributed by atoms with Gasteiger partial charge in [-0.25, -0.2) is 4.79 Å². The van der Waals surface area contributed by atoms with E-state index in [4.69, 9.17) is 9.84 Å². The number of para-hydroxylation sites is 1. The molecule has 0 fully saturated rings. The summed E-state index contributed by atoms with van der Waals surface area (Å²) in [6, 6.07) is 8.76. The van der Waals surface area contributed by atoms with E-state index in [1.165, 1.54) is 0 Å². The molecule has 5 nitrogen and oxygen atoms in total. The summed E-state index contributed by atoms with van der Waals surface area (Å²) in [4.78, 5) is 22.4. The molecule has 18 heavy (non-hydrogen) atoms. The van der Waals surface area contributed by atoms with E-state index >= 15 is 0 Å². The first-order valence-electron chi connectivity index (χ1n) is 5.46. The molecular weight excluding hydrogens is 234 g/mol. The molecule has 0 radical (unpaired) electrons. The molecule has 0 aliphatic heterocycles. The van der Waals surface area contributed by atoms with Crippen LogP contribution in [0.4, 0.5) is 5.69 Å². The van der Waals surface area contributed by atoms with Gasteiger partial charge in [0, 0.05) is 5.69 Å². The number of carbonyl (C=O) groups is 2. The summed E-state index contributed by atoms with van der Waals surface area (Å²) in [7, 11) is 0. The van der Waals surface area contributed by atoms with Gasteiger partial charge in [0.1, 0.15) is 0 Å². The van der Waals surface area contributed by atoms with Crippen molar-refractivity contribution < 1.29 is 19.4 Å². The number of ether oxygens (including phenoxy) is 1. The van der Waals surface area contributed by atoms with Crippen LogP contribution in [-0.4, -0.2) is 23.1 Å². The molecule has 0 atom stereocenters. The number of hydrogen-bond acceptors (Lipinski definition) is 3. The third kappa shape index (κ3) is 4.69.